The molecule has 9 rings (SSSR count). The number of aromatic nitrogens is 2. The zero-order chi connectivity index (χ0) is 79.7. The molecule has 2 aromatic carbocycles. The van der Waals surface area contributed by atoms with Crippen LogP contribution in [-0.4, -0.2) is 308 Å². The molecule has 5 fully saturated rings. The van der Waals surface area contributed by atoms with E-state index in [1.165, 1.54) is 60.9 Å². The number of carbonyl (C=O) groups excluding carboxylic acids is 12. The molecule has 4 aromatic rings. The van der Waals surface area contributed by atoms with E-state index in [2.05, 4.69) is 52.5 Å². The Labute approximate surface area is 638 Å². The number of unbranched alkanes of at least 4 members (excludes halogenated alkanes) is 1. The van der Waals surface area contributed by atoms with Crippen LogP contribution in [0.2, 0.25) is 0 Å². The second kappa shape index (κ2) is 40.6. The molecule has 589 valence electrons. The molecule has 7 heterocycles. The molecular formula is C69H82BiF4N18O18. The number of hydrogen-bond donors (Lipinski definition) is 10. The zero-order valence-electron chi connectivity index (χ0n) is 59.4. The SMILES string of the molecule is N#C[C@@H]1CC(F)(F)CN1C(=O)CNC(=O)c1ccnc2c(NC(=O)CCC(=O)NCCCCC(NC(=O)CCC(=O)Nc3cccc4c(C(=O)NCC(=O)N5CC(F)(F)C[C@H]5C#N)ccnc34)C(=O)NCCNC(=O)CCC3C(=O)[O][213Bi][C](=O)OCN4CCN(CC(=O)O)CCN3CCN(CC(=O)O)CC4)cccc12. The summed E-state index contributed by atoms with van der Waals surface area (Å²) in [5.74, 6) is -16.9. The second-order valence-electron chi connectivity index (χ2n) is 26.2. The van der Waals surface area contributed by atoms with Crippen LogP contribution < -0.4 is 42.5 Å². The number of pyridine rings is 2. The van der Waals surface area contributed by atoms with Crippen molar-refractivity contribution < 1.29 is 102 Å². The van der Waals surface area contributed by atoms with Gasteiger partial charge in [-0.15, -0.1) is 0 Å². The molecule has 1 radical (unpaired) electrons. The van der Waals surface area contributed by atoms with Crippen LogP contribution in [0.5, 0.6) is 0 Å². The first-order valence-corrected chi connectivity index (χ1v) is 38.2. The van der Waals surface area contributed by atoms with Crippen molar-refractivity contribution >= 4 is 138 Å². The summed E-state index contributed by atoms with van der Waals surface area (Å²) in [5, 5.41) is 59.3. The number of amides is 10. The van der Waals surface area contributed by atoms with Gasteiger partial charge in [-0.25, -0.2) is 17.6 Å². The van der Waals surface area contributed by atoms with E-state index in [0.717, 1.165) is 0 Å². The maximum atomic E-state index is 14.0. The molecule has 0 aliphatic carbocycles. The van der Waals surface area contributed by atoms with Crippen molar-refractivity contribution in [3.8, 4) is 12.1 Å². The first-order chi connectivity index (χ1) is 52.5. The van der Waals surface area contributed by atoms with E-state index in [0.29, 0.717) is 9.80 Å². The topological polar surface area (TPSA) is 487 Å². The summed E-state index contributed by atoms with van der Waals surface area (Å²) in [6, 6.07) is 9.82. The maximum absolute atomic E-state index is 14.0. The normalized spacial score (nSPS) is 19.7. The van der Waals surface area contributed by atoms with E-state index in [9.17, 15) is 105 Å². The number of hydrogen-bond acceptors (Lipinski definition) is 24. The van der Waals surface area contributed by atoms with Gasteiger partial charge in [0.15, 0.2) is 0 Å². The zero-order valence-corrected chi connectivity index (χ0v) is 62.9. The fraction of sp³-hybridized carbons (Fsp3) is 0.507. The number of alkyl halides is 4. The molecule has 5 saturated heterocycles. The molecule has 0 saturated carbocycles. The molecular weight excluding hydrogens is 1660 g/mol. The van der Waals surface area contributed by atoms with Crippen LogP contribution in [0.25, 0.3) is 21.8 Å². The molecule has 10 amide bonds. The third kappa shape index (κ3) is 25.7. The molecule has 4 atom stereocenters. The molecule has 110 heavy (non-hydrogen) atoms. The Hall–Kier alpha value is -10.7. The second-order valence-corrected chi connectivity index (χ2v) is 29.1. The summed E-state index contributed by atoms with van der Waals surface area (Å²) in [4.78, 5) is 200. The number of carboxylic acids is 2. The fourth-order valence-electron chi connectivity index (χ4n) is 12.6. The Balaban J connectivity index is 0.855. The van der Waals surface area contributed by atoms with E-state index >= 15 is 0 Å². The quantitative estimate of drug-likeness (QED) is 0.0176. The summed E-state index contributed by atoms with van der Waals surface area (Å²) in [5.41, 5.74) is 0.584. The van der Waals surface area contributed by atoms with Crippen LogP contribution in [0.1, 0.15) is 91.3 Å². The summed E-state index contributed by atoms with van der Waals surface area (Å²) < 4.78 is 66.3. The summed E-state index contributed by atoms with van der Waals surface area (Å²) in [6.07, 6.45) is -0.753. The molecule has 36 nitrogen and oxygen atoms in total. The first-order valence-electron chi connectivity index (χ1n) is 35.1. The Bertz CT molecular complexity index is 4180. The number of nitrogens with zero attached hydrogens (tertiary/aromatic N) is 10. The number of para-hydroxylation sites is 2. The van der Waals surface area contributed by atoms with Gasteiger partial charge in [0.2, 0.25) is 35.4 Å². The molecule has 5 aliphatic heterocycles. The Morgan fingerprint density at radius 1 is 0.582 bits per heavy atom. The maximum Gasteiger partial charge on any atom is 0.0151 e. The van der Waals surface area contributed by atoms with Gasteiger partial charge in [0.25, 0.3) is 23.7 Å². The Morgan fingerprint density at radius 3 is 1.56 bits per heavy atom. The predicted octanol–water partition coefficient (Wildman–Crippen LogP) is -0.287. The number of benzene rings is 2. The number of anilines is 2. The number of likely N-dealkylation sites (tertiary alicyclic amines) is 2. The number of halogens is 4. The van der Waals surface area contributed by atoms with Gasteiger partial charge in [-0.3, -0.25) is 48.3 Å². The molecule has 10 N–H and O–H groups in total. The van der Waals surface area contributed by atoms with Crippen LogP contribution in [0.15, 0.2) is 60.9 Å². The van der Waals surface area contributed by atoms with Crippen molar-refractivity contribution in [1.29, 1.82) is 10.5 Å². The molecule has 41 heteroatoms. The third-order valence-corrected chi connectivity index (χ3v) is 20.3. The van der Waals surface area contributed by atoms with Gasteiger partial charge in [-0.1, -0.05) is 24.3 Å². The number of ether oxygens (including phenoxy) is 1. The minimum atomic E-state index is -3.28. The van der Waals surface area contributed by atoms with Gasteiger partial charge in [-0.2, -0.15) is 10.5 Å². The molecule has 2 bridgehead atoms. The van der Waals surface area contributed by atoms with Crippen LogP contribution in [0, 0.1) is 22.7 Å². The number of carbonyl (C=O) groups is 14. The van der Waals surface area contributed by atoms with E-state index < -0.39 is 192 Å². The number of carboxylic acid groups (broad SMARTS) is 2. The number of fused-ring (bicyclic) bond motifs is 16. The van der Waals surface area contributed by atoms with Crippen molar-refractivity contribution in [3.05, 3.63) is 72.1 Å². The van der Waals surface area contributed by atoms with Crippen LogP contribution in [-0.2, 0) is 60.3 Å². The van der Waals surface area contributed by atoms with Crippen molar-refractivity contribution in [2.24, 2.45) is 0 Å². The summed E-state index contributed by atoms with van der Waals surface area (Å²) in [6.45, 7) is -3.18. The van der Waals surface area contributed by atoms with Gasteiger partial charge < -0.3 is 41.7 Å². The van der Waals surface area contributed by atoms with Crippen molar-refractivity contribution in [1.82, 2.24) is 71.3 Å². The fourth-order valence-corrected chi connectivity index (χ4v) is 14.1. The molecule has 5 aliphatic rings. The Kier molecular flexibility index (Phi) is 31.3. The van der Waals surface area contributed by atoms with Crippen LogP contribution >= 0.6 is 0 Å². The first kappa shape index (κ1) is 84.9. The smallest absolute Gasteiger partial charge is 0.0151 e. The largest absolute Gasteiger partial charge is 0.0594 e. The molecule has 2 unspecified atom stereocenters. The van der Waals surface area contributed by atoms with E-state index in [1.54, 1.807) is 31.7 Å². The van der Waals surface area contributed by atoms with Crippen molar-refractivity contribution in [3.63, 3.8) is 0 Å². The van der Waals surface area contributed by atoms with E-state index in [-0.39, 0.29) is 181 Å². The van der Waals surface area contributed by atoms with E-state index in [4.69, 9.17) is 7.55 Å². The summed E-state index contributed by atoms with van der Waals surface area (Å²) in [7, 11) is 0. The number of rotatable bonds is 31. The average molecular weight is 1740 g/mol. The number of nitriles is 2. The third-order valence-electron chi connectivity index (χ3n) is 18.2. The van der Waals surface area contributed by atoms with Gasteiger partial charge in [-0.05, 0) is 43.5 Å². The van der Waals surface area contributed by atoms with E-state index in [1.807, 2.05) is 0 Å². The van der Waals surface area contributed by atoms with Gasteiger partial charge in [0.1, 0.15) is 12.1 Å². The van der Waals surface area contributed by atoms with Gasteiger partial charge in [0.05, 0.1) is 71.9 Å². The predicted molar refractivity (Wildman–Crippen MR) is 378 cm³/mol. The minimum absolute atomic E-state index is 0.00619. The Morgan fingerprint density at radius 2 is 1.05 bits per heavy atom. The molecule has 2 aromatic heterocycles. The van der Waals surface area contributed by atoms with Crippen molar-refractivity contribution in [2.75, 3.05) is 129 Å². The standard InChI is InChI=1S/C69H83F4N18O18.Bi/c70-68(71)31-43(33-74)90(39-68)58(98)35-81-64(104)47-16-19-78-62-45(47)5-3-8-49(62)83-55(95)13-12-54(94)76-18-2-1-7-51(85-57(97)15-14-56(96)84-50-9-4-6-46-48(17-20-79-63(46)50)65(105)82-36-59(99)91-40-69(72,73)32-44(91)34-75)66(106)80-22-21-77-53(93)11-10-52(67(107)108)89-29-27-86(37-60(100)101)23-25-88(41-109-42-92)26-24-87(28-30-89)38-61(102)103;/h3-6,8-9,16-17,19-20,43-44,51-52H,1-2,7,10-15,18,21-32,35-41H2,(H,76,94)(H,77,93)(H,80,106)(H,81,104)(H,82,105)(H,83,95)(H,84,96)(H,85,97)(H,100,101)(H,102,103)(H,107,108);/q;+1/p-1/t43-,44-,51?,52?;/m0./s1/i;1+4. The monoisotopic (exact) mass is 1740 g/mol. The van der Waals surface area contributed by atoms with Crippen LogP contribution in [0.3, 0.4) is 0 Å². The van der Waals surface area contributed by atoms with Crippen LogP contribution in [0.4, 0.5) is 33.7 Å². The average Bonchev–Trinajstić information content (AvgIpc) is 1.26. The number of nitrogens with one attached hydrogen (secondary N) is 8. The number of aliphatic carboxylic acids is 2. The minimum Gasteiger partial charge on any atom is -0.0594 e. The van der Waals surface area contributed by atoms with Gasteiger partial charge >= 0.3 is 244 Å². The summed E-state index contributed by atoms with van der Waals surface area (Å²) >= 11 is -2.71. The molecule has 0 spiro atoms. The van der Waals surface area contributed by atoms with Crippen molar-refractivity contribution in [2.45, 2.75) is 107 Å². The van der Waals surface area contributed by atoms with Gasteiger partial charge in [0, 0.05) is 68.2 Å².